The van der Waals surface area contributed by atoms with Gasteiger partial charge in [0.25, 0.3) is 0 Å². The minimum Gasteiger partial charge on any atom is -0.507 e. The Morgan fingerprint density at radius 1 is 1.09 bits per heavy atom. The zero-order chi connectivity index (χ0) is 24.2. The summed E-state index contributed by atoms with van der Waals surface area (Å²) in [4.78, 5) is 24.0. The van der Waals surface area contributed by atoms with Crippen LogP contribution in [0.4, 0.5) is 10.6 Å². The fourth-order valence-corrected chi connectivity index (χ4v) is 4.44. The first-order valence-corrected chi connectivity index (χ1v) is 11.8. The lowest BCUT2D eigenvalue weighted by molar-refractivity contribution is 0.138. The third-order valence-electron chi connectivity index (χ3n) is 6.31. The van der Waals surface area contributed by atoms with Crippen molar-refractivity contribution in [2.45, 2.75) is 20.0 Å². The summed E-state index contributed by atoms with van der Waals surface area (Å²) in [6, 6.07) is 22.9. The van der Waals surface area contributed by atoms with Gasteiger partial charge in [0.1, 0.15) is 18.2 Å². The summed E-state index contributed by atoms with van der Waals surface area (Å²) < 4.78 is 5.34. The van der Waals surface area contributed by atoms with Crippen LogP contribution in [0.2, 0.25) is 0 Å². The number of amides is 1. The first-order chi connectivity index (χ1) is 17.1. The second-order valence-corrected chi connectivity index (χ2v) is 8.95. The number of ether oxygens (including phenoxy) is 1. The van der Waals surface area contributed by atoms with Crippen LogP contribution in [-0.2, 0) is 11.3 Å². The molecule has 0 saturated carbocycles. The minimum atomic E-state index is -0.405. The summed E-state index contributed by atoms with van der Waals surface area (Å²) in [5.41, 5.74) is 3.53. The maximum atomic E-state index is 12.2. The van der Waals surface area contributed by atoms with Gasteiger partial charge in [-0.15, -0.1) is 0 Å². The highest BCUT2D eigenvalue weighted by atomic mass is 16.5. The molecule has 1 saturated heterocycles. The van der Waals surface area contributed by atoms with E-state index in [1.54, 1.807) is 12.1 Å². The molecule has 3 aromatic carbocycles. The zero-order valence-corrected chi connectivity index (χ0v) is 19.6. The molecule has 1 aliphatic heterocycles. The molecule has 5 rings (SSSR count). The Balaban J connectivity index is 1.30. The first kappa shape index (κ1) is 22.7. The number of hydrogen-bond acceptors (Lipinski definition) is 6. The second-order valence-electron chi connectivity index (χ2n) is 8.95. The Kier molecular flexibility index (Phi) is 6.48. The van der Waals surface area contributed by atoms with Crippen LogP contribution in [0.1, 0.15) is 17.5 Å². The van der Waals surface area contributed by atoms with E-state index in [-0.39, 0.29) is 18.3 Å². The number of rotatable bonds is 6. The Hall–Kier alpha value is -4.13. The zero-order valence-electron chi connectivity index (χ0n) is 19.6. The maximum Gasteiger partial charge on any atom is 0.407 e. The number of phenols is 1. The van der Waals surface area contributed by atoms with Crippen molar-refractivity contribution in [3.05, 3.63) is 83.9 Å². The molecule has 4 aromatic rings. The van der Waals surface area contributed by atoms with Gasteiger partial charge in [-0.05, 0) is 54.7 Å². The molecular formula is C28H28N4O3. The van der Waals surface area contributed by atoms with Gasteiger partial charge in [-0.25, -0.2) is 14.8 Å². The van der Waals surface area contributed by atoms with Gasteiger partial charge < -0.3 is 20.1 Å². The van der Waals surface area contributed by atoms with Crippen LogP contribution >= 0.6 is 0 Å². The van der Waals surface area contributed by atoms with Crippen molar-refractivity contribution in [2.24, 2.45) is 5.92 Å². The molecule has 1 aromatic heterocycles. The maximum absolute atomic E-state index is 12.2. The molecular weight excluding hydrogens is 440 g/mol. The largest absolute Gasteiger partial charge is 0.507 e. The molecule has 7 nitrogen and oxygen atoms in total. The quantitative estimate of drug-likeness (QED) is 0.411. The fourth-order valence-electron chi connectivity index (χ4n) is 4.44. The predicted molar refractivity (Wildman–Crippen MR) is 136 cm³/mol. The monoisotopic (exact) mass is 468 g/mol. The van der Waals surface area contributed by atoms with Gasteiger partial charge in [-0.1, -0.05) is 48.5 Å². The molecule has 0 spiro atoms. The fraction of sp³-hybridized carbons (Fsp3) is 0.250. The van der Waals surface area contributed by atoms with E-state index in [1.165, 1.54) is 0 Å². The van der Waals surface area contributed by atoms with Crippen LogP contribution in [0.3, 0.4) is 0 Å². The summed E-state index contributed by atoms with van der Waals surface area (Å²) in [7, 11) is 0. The molecule has 35 heavy (non-hydrogen) atoms. The lowest BCUT2D eigenvalue weighted by Crippen LogP contribution is -2.31. The van der Waals surface area contributed by atoms with Crippen LogP contribution in [0.5, 0.6) is 5.75 Å². The summed E-state index contributed by atoms with van der Waals surface area (Å²) in [5.74, 6) is 1.79. The summed E-state index contributed by atoms with van der Waals surface area (Å²) >= 11 is 0. The molecule has 1 aliphatic rings. The number of aromatic nitrogens is 2. The van der Waals surface area contributed by atoms with Crippen molar-refractivity contribution < 1.29 is 14.6 Å². The molecule has 1 amide bonds. The van der Waals surface area contributed by atoms with Crippen molar-refractivity contribution in [3.63, 3.8) is 0 Å². The molecule has 1 unspecified atom stereocenters. The first-order valence-electron chi connectivity index (χ1n) is 11.8. The minimum absolute atomic E-state index is 0.156. The number of aryl methyl sites for hydroxylation is 1. The van der Waals surface area contributed by atoms with E-state index in [4.69, 9.17) is 14.7 Å². The Morgan fingerprint density at radius 3 is 2.71 bits per heavy atom. The number of aromatic hydroxyl groups is 1. The number of alkyl carbamates (subject to hydrolysis) is 1. The number of para-hydroxylation sites is 1. The standard InChI is InChI=1S/C28H28N4O3/c1-19-11-12-22-24(15-19)30-26(23-9-5-6-10-25(23)33)31-27(22)32-14-13-21(17-32)16-29-28(34)35-18-20-7-3-2-4-8-20/h2-12,15,21,33H,13-14,16-18H2,1H3,(H,29,34). The molecule has 1 fully saturated rings. The highest BCUT2D eigenvalue weighted by Gasteiger charge is 2.26. The topological polar surface area (TPSA) is 87.6 Å². The second kappa shape index (κ2) is 10.0. The number of nitrogens with one attached hydrogen (secondary N) is 1. The number of benzene rings is 3. The van der Waals surface area contributed by atoms with Crippen molar-refractivity contribution in [2.75, 3.05) is 24.5 Å². The van der Waals surface area contributed by atoms with E-state index in [0.29, 0.717) is 17.9 Å². The van der Waals surface area contributed by atoms with Crippen LogP contribution < -0.4 is 10.2 Å². The summed E-state index contributed by atoms with van der Waals surface area (Å²) in [6.45, 7) is 4.42. The van der Waals surface area contributed by atoms with Crippen molar-refractivity contribution in [1.82, 2.24) is 15.3 Å². The van der Waals surface area contributed by atoms with E-state index in [0.717, 1.165) is 47.4 Å². The third kappa shape index (κ3) is 5.19. The molecule has 2 heterocycles. The smallest absolute Gasteiger partial charge is 0.407 e. The van der Waals surface area contributed by atoms with E-state index < -0.39 is 6.09 Å². The van der Waals surface area contributed by atoms with Crippen LogP contribution in [-0.4, -0.2) is 40.8 Å². The molecule has 7 heteroatoms. The van der Waals surface area contributed by atoms with E-state index in [2.05, 4.69) is 22.3 Å². The molecule has 2 N–H and O–H groups in total. The van der Waals surface area contributed by atoms with Crippen LogP contribution in [0.15, 0.2) is 72.8 Å². The highest BCUT2D eigenvalue weighted by molar-refractivity contribution is 5.92. The van der Waals surface area contributed by atoms with E-state index in [9.17, 15) is 9.90 Å². The average Bonchev–Trinajstić information content (AvgIpc) is 3.35. The number of fused-ring (bicyclic) bond motifs is 1. The number of carbonyl (C=O) groups is 1. The molecule has 0 bridgehead atoms. The number of carbonyl (C=O) groups excluding carboxylic acids is 1. The van der Waals surface area contributed by atoms with Crippen LogP contribution in [0, 0.1) is 12.8 Å². The van der Waals surface area contributed by atoms with Crippen LogP contribution in [0.25, 0.3) is 22.3 Å². The molecule has 0 radical (unpaired) electrons. The third-order valence-corrected chi connectivity index (χ3v) is 6.31. The van der Waals surface area contributed by atoms with Crippen molar-refractivity contribution >= 4 is 22.8 Å². The lowest BCUT2D eigenvalue weighted by atomic mass is 10.1. The van der Waals surface area contributed by atoms with Crippen molar-refractivity contribution in [3.8, 4) is 17.1 Å². The number of phenolic OH excluding ortho intramolecular Hbond substituents is 1. The average molecular weight is 469 g/mol. The molecule has 1 atom stereocenters. The highest BCUT2D eigenvalue weighted by Crippen LogP contribution is 2.33. The Morgan fingerprint density at radius 2 is 1.89 bits per heavy atom. The van der Waals surface area contributed by atoms with Gasteiger partial charge in [0.2, 0.25) is 0 Å². The predicted octanol–water partition coefficient (Wildman–Crippen LogP) is 5.06. The van der Waals surface area contributed by atoms with Gasteiger partial charge in [-0.3, -0.25) is 0 Å². The van der Waals surface area contributed by atoms with Gasteiger partial charge >= 0.3 is 6.09 Å². The molecule has 178 valence electrons. The van der Waals surface area contributed by atoms with Gasteiger partial charge in [-0.2, -0.15) is 0 Å². The lowest BCUT2D eigenvalue weighted by Gasteiger charge is -2.21. The Bertz CT molecular complexity index is 1340. The summed E-state index contributed by atoms with van der Waals surface area (Å²) in [6.07, 6.45) is 0.527. The van der Waals surface area contributed by atoms with Gasteiger partial charge in [0.15, 0.2) is 5.82 Å². The van der Waals surface area contributed by atoms with E-state index in [1.807, 2.05) is 55.5 Å². The Labute approximate surface area is 204 Å². The van der Waals surface area contributed by atoms with Crippen molar-refractivity contribution in [1.29, 1.82) is 0 Å². The molecule has 0 aliphatic carbocycles. The summed E-state index contributed by atoms with van der Waals surface area (Å²) in [5, 5.41) is 14.3. The SMILES string of the molecule is Cc1ccc2c(N3CCC(CNC(=O)OCc4ccccc4)C3)nc(-c3ccccc3O)nc2c1. The number of hydrogen-bond donors (Lipinski definition) is 2. The number of nitrogens with zero attached hydrogens (tertiary/aromatic N) is 3. The van der Waals surface area contributed by atoms with Gasteiger partial charge in [0, 0.05) is 25.0 Å². The van der Waals surface area contributed by atoms with E-state index >= 15 is 0 Å². The van der Waals surface area contributed by atoms with Gasteiger partial charge in [0.05, 0.1) is 11.1 Å². The number of anilines is 1. The normalized spacial score (nSPS) is 15.3.